The van der Waals surface area contributed by atoms with E-state index >= 15 is 0 Å². The van der Waals surface area contributed by atoms with E-state index in [4.69, 9.17) is 16.9 Å². The fourth-order valence-electron chi connectivity index (χ4n) is 1.23. The monoisotopic (exact) mass is 308 g/mol. The number of nitrogens with one attached hydrogen (secondary N) is 1. The molecule has 4 nitrogen and oxygen atoms in total. The molecule has 0 spiro atoms. The summed E-state index contributed by atoms with van der Waals surface area (Å²) in [6.45, 7) is 0. The minimum absolute atomic E-state index is 0.228. The van der Waals surface area contributed by atoms with Crippen LogP contribution in [0.3, 0.4) is 0 Å². The molecule has 0 saturated heterocycles. The first-order chi connectivity index (χ1) is 8.20. The zero-order valence-electron chi connectivity index (χ0n) is 8.48. The molecular weight excluding hydrogens is 304 g/mol. The highest BCUT2D eigenvalue weighted by atomic mass is 79.9. The van der Waals surface area contributed by atoms with E-state index in [0.717, 1.165) is 4.47 Å². The third kappa shape index (κ3) is 2.73. The molecule has 1 aromatic heterocycles. The molecule has 1 heterocycles. The number of hydrogen-bond donors (Lipinski definition) is 1. The summed E-state index contributed by atoms with van der Waals surface area (Å²) in [5.41, 5.74) is 0.901. The summed E-state index contributed by atoms with van der Waals surface area (Å²) in [7, 11) is 0. The molecule has 0 aliphatic carbocycles. The van der Waals surface area contributed by atoms with Gasteiger partial charge in [-0.25, -0.2) is 9.97 Å². The Bertz CT molecular complexity index is 594. The first-order valence-electron chi connectivity index (χ1n) is 4.64. The summed E-state index contributed by atoms with van der Waals surface area (Å²) in [6, 6.07) is 7.35. The van der Waals surface area contributed by atoms with Crippen molar-refractivity contribution < 1.29 is 0 Å². The van der Waals surface area contributed by atoms with Crippen molar-refractivity contribution in [3.8, 4) is 6.07 Å². The van der Waals surface area contributed by atoms with Crippen LogP contribution >= 0.6 is 27.5 Å². The average Bonchev–Trinajstić information content (AvgIpc) is 2.33. The Hall–Kier alpha value is -1.64. The Kier molecular flexibility index (Phi) is 3.57. The van der Waals surface area contributed by atoms with E-state index in [9.17, 15) is 0 Å². The predicted octanol–water partition coefficient (Wildman–Crippen LogP) is 3.51. The number of nitrogens with zero attached hydrogens (tertiary/aromatic N) is 3. The van der Waals surface area contributed by atoms with Gasteiger partial charge in [-0.1, -0.05) is 27.5 Å². The first kappa shape index (κ1) is 11.8. The molecule has 0 unspecified atom stereocenters. The van der Waals surface area contributed by atoms with E-state index in [1.165, 1.54) is 12.4 Å². The van der Waals surface area contributed by atoms with Gasteiger partial charge >= 0.3 is 0 Å². The molecule has 2 aromatic rings. The van der Waals surface area contributed by atoms with Crippen LogP contribution in [0.4, 0.5) is 11.5 Å². The van der Waals surface area contributed by atoms with Gasteiger partial charge in [-0.05, 0) is 18.2 Å². The van der Waals surface area contributed by atoms with Crippen LogP contribution in [0.2, 0.25) is 5.02 Å². The summed E-state index contributed by atoms with van der Waals surface area (Å²) in [6.07, 6.45) is 2.98. The van der Waals surface area contributed by atoms with Crippen molar-refractivity contribution >= 4 is 39.0 Å². The van der Waals surface area contributed by atoms with E-state index in [0.29, 0.717) is 16.5 Å². The van der Waals surface area contributed by atoms with Gasteiger partial charge in [0, 0.05) is 16.9 Å². The van der Waals surface area contributed by atoms with E-state index in [2.05, 4.69) is 31.2 Å². The summed E-state index contributed by atoms with van der Waals surface area (Å²) in [5, 5.41) is 12.4. The van der Waals surface area contributed by atoms with Gasteiger partial charge in [-0.2, -0.15) is 5.26 Å². The molecule has 2 rings (SSSR count). The van der Waals surface area contributed by atoms with E-state index in [-0.39, 0.29) is 5.69 Å². The van der Waals surface area contributed by atoms with Gasteiger partial charge in [0.2, 0.25) is 0 Å². The molecule has 0 aliphatic heterocycles. The van der Waals surface area contributed by atoms with Crippen molar-refractivity contribution in [3.63, 3.8) is 0 Å². The predicted molar refractivity (Wildman–Crippen MR) is 69.2 cm³/mol. The molecule has 0 aliphatic rings. The number of anilines is 2. The summed E-state index contributed by atoms with van der Waals surface area (Å²) in [4.78, 5) is 7.94. The van der Waals surface area contributed by atoms with E-state index in [1.54, 1.807) is 12.1 Å². The van der Waals surface area contributed by atoms with Crippen molar-refractivity contribution in [1.29, 1.82) is 5.26 Å². The Morgan fingerprint density at radius 2 is 2.06 bits per heavy atom. The standard InChI is InChI=1S/C11H6BrClN4/c12-7-1-2-9(8(13)5-7)17-11-10(6-14)15-3-4-16-11/h1-5H,(H,16,17). The van der Waals surface area contributed by atoms with Crippen LogP contribution in [0.25, 0.3) is 0 Å². The Morgan fingerprint density at radius 1 is 1.29 bits per heavy atom. The molecule has 1 aromatic carbocycles. The lowest BCUT2D eigenvalue weighted by molar-refractivity contribution is 1.16. The SMILES string of the molecule is N#Cc1nccnc1Nc1ccc(Br)cc1Cl. The van der Waals surface area contributed by atoms with Crippen molar-refractivity contribution in [1.82, 2.24) is 9.97 Å². The van der Waals surface area contributed by atoms with Crippen LogP contribution in [0.1, 0.15) is 5.69 Å². The average molecular weight is 310 g/mol. The first-order valence-corrected chi connectivity index (χ1v) is 5.81. The van der Waals surface area contributed by atoms with Gasteiger partial charge in [-0.3, -0.25) is 0 Å². The largest absolute Gasteiger partial charge is 0.337 e. The van der Waals surface area contributed by atoms with Gasteiger partial charge in [-0.15, -0.1) is 0 Å². The van der Waals surface area contributed by atoms with Crippen molar-refractivity contribution in [2.24, 2.45) is 0 Å². The number of rotatable bonds is 2. The summed E-state index contributed by atoms with van der Waals surface area (Å²) >= 11 is 9.37. The van der Waals surface area contributed by atoms with Gasteiger partial charge in [0.25, 0.3) is 0 Å². The molecule has 0 bridgehead atoms. The number of halogens is 2. The van der Waals surface area contributed by atoms with Crippen LogP contribution in [0, 0.1) is 11.3 Å². The second-order valence-electron chi connectivity index (χ2n) is 3.11. The molecular formula is C11H6BrClN4. The lowest BCUT2D eigenvalue weighted by Gasteiger charge is -2.08. The molecule has 17 heavy (non-hydrogen) atoms. The number of nitriles is 1. The Morgan fingerprint density at radius 3 is 2.76 bits per heavy atom. The molecule has 84 valence electrons. The summed E-state index contributed by atoms with van der Waals surface area (Å²) in [5.74, 6) is 0.388. The van der Waals surface area contributed by atoms with Gasteiger partial charge < -0.3 is 5.32 Å². The van der Waals surface area contributed by atoms with Crippen LogP contribution < -0.4 is 5.32 Å². The van der Waals surface area contributed by atoms with Crippen molar-refractivity contribution in [2.45, 2.75) is 0 Å². The molecule has 0 radical (unpaired) electrons. The van der Waals surface area contributed by atoms with Gasteiger partial charge in [0.15, 0.2) is 11.5 Å². The Balaban J connectivity index is 2.35. The quantitative estimate of drug-likeness (QED) is 0.922. The fraction of sp³-hybridized carbons (Fsp3) is 0. The molecule has 0 amide bonds. The number of aromatic nitrogens is 2. The maximum absolute atomic E-state index is 8.88. The topological polar surface area (TPSA) is 61.6 Å². The maximum Gasteiger partial charge on any atom is 0.183 e. The number of benzene rings is 1. The molecule has 0 atom stereocenters. The van der Waals surface area contributed by atoms with Crippen LogP contribution in [0.5, 0.6) is 0 Å². The van der Waals surface area contributed by atoms with Gasteiger partial charge in [0.1, 0.15) is 6.07 Å². The van der Waals surface area contributed by atoms with Crippen LogP contribution in [-0.2, 0) is 0 Å². The third-order valence-corrected chi connectivity index (χ3v) is 2.79. The second kappa shape index (κ2) is 5.13. The minimum Gasteiger partial charge on any atom is -0.337 e. The summed E-state index contributed by atoms with van der Waals surface area (Å²) < 4.78 is 0.882. The molecule has 0 fully saturated rings. The van der Waals surface area contributed by atoms with Crippen molar-refractivity contribution in [2.75, 3.05) is 5.32 Å². The van der Waals surface area contributed by atoms with Crippen LogP contribution in [-0.4, -0.2) is 9.97 Å². The highest BCUT2D eigenvalue weighted by molar-refractivity contribution is 9.10. The highest BCUT2D eigenvalue weighted by Crippen LogP contribution is 2.28. The highest BCUT2D eigenvalue weighted by Gasteiger charge is 2.07. The lowest BCUT2D eigenvalue weighted by atomic mass is 10.3. The van der Waals surface area contributed by atoms with Crippen LogP contribution in [0.15, 0.2) is 35.1 Å². The fourth-order valence-corrected chi connectivity index (χ4v) is 1.95. The van der Waals surface area contributed by atoms with E-state index in [1.807, 2.05) is 12.1 Å². The molecule has 0 saturated carbocycles. The number of hydrogen-bond acceptors (Lipinski definition) is 4. The zero-order chi connectivity index (χ0) is 12.3. The lowest BCUT2D eigenvalue weighted by Crippen LogP contribution is -1.98. The van der Waals surface area contributed by atoms with Crippen molar-refractivity contribution in [3.05, 3.63) is 45.8 Å². The smallest absolute Gasteiger partial charge is 0.183 e. The molecule has 6 heteroatoms. The zero-order valence-corrected chi connectivity index (χ0v) is 10.8. The maximum atomic E-state index is 8.88. The third-order valence-electron chi connectivity index (χ3n) is 1.99. The molecule has 1 N–H and O–H groups in total. The van der Waals surface area contributed by atoms with Gasteiger partial charge in [0.05, 0.1) is 10.7 Å². The Labute approximate surface area is 111 Å². The minimum atomic E-state index is 0.228. The second-order valence-corrected chi connectivity index (χ2v) is 4.44. The van der Waals surface area contributed by atoms with E-state index < -0.39 is 0 Å². The normalized spacial score (nSPS) is 9.71.